The Balaban J connectivity index is 1.43. The highest BCUT2D eigenvalue weighted by Crippen LogP contribution is 2.68. The molecule has 1 aromatic carbocycles. The number of halogens is 3. The SMILES string of the molecule is O=C(CN(C(=O)[C@]12CC1[C@H](O)C2)C1NCC(Cl)CC1F)NCc1ccc(Cl)cc1. The molecule has 3 aliphatic rings. The number of carbonyl (C=O) groups excluding carboxylic acids is 2. The van der Waals surface area contributed by atoms with E-state index in [4.69, 9.17) is 23.2 Å². The number of rotatable bonds is 6. The Bertz CT molecular complexity index is 796. The Hall–Kier alpha value is -1.41. The van der Waals surface area contributed by atoms with Gasteiger partial charge < -0.3 is 15.3 Å². The first-order valence-electron chi connectivity index (χ1n) is 9.82. The lowest BCUT2D eigenvalue weighted by Crippen LogP contribution is -2.62. The minimum atomic E-state index is -1.36. The molecule has 3 fully saturated rings. The summed E-state index contributed by atoms with van der Waals surface area (Å²) in [4.78, 5) is 27.1. The number of nitrogens with one attached hydrogen (secondary N) is 2. The highest BCUT2D eigenvalue weighted by molar-refractivity contribution is 6.30. The summed E-state index contributed by atoms with van der Waals surface area (Å²) in [5.41, 5.74) is 0.238. The number of aliphatic hydroxyl groups excluding tert-OH is 1. The second-order valence-electron chi connectivity index (χ2n) is 8.28. The Labute approximate surface area is 178 Å². The van der Waals surface area contributed by atoms with Crippen molar-refractivity contribution in [2.75, 3.05) is 13.1 Å². The lowest BCUT2D eigenvalue weighted by molar-refractivity contribution is -0.152. The van der Waals surface area contributed by atoms with Crippen molar-refractivity contribution in [1.82, 2.24) is 15.5 Å². The van der Waals surface area contributed by atoms with E-state index in [0.717, 1.165) is 5.56 Å². The lowest BCUT2D eigenvalue weighted by Gasteiger charge is -2.42. The molecule has 2 aliphatic carbocycles. The van der Waals surface area contributed by atoms with E-state index in [9.17, 15) is 19.1 Å². The monoisotopic (exact) mass is 443 g/mol. The molecule has 4 unspecified atom stereocenters. The van der Waals surface area contributed by atoms with Crippen LogP contribution in [0.1, 0.15) is 24.8 Å². The summed E-state index contributed by atoms with van der Waals surface area (Å²) < 4.78 is 14.7. The minimum Gasteiger partial charge on any atom is -0.393 e. The van der Waals surface area contributed by atoms with Crippen LogP contribution in [-0.4, -0.2) is 58.7 Å². The number of nitrogens with zero attached hydrogens (tertiary/aromatic N) is 1. The van der Waals surface area contributed by atoms with Crippen LogP contribution in [0.2, 0.25) is 5.02 Å². The van der Waals surface area contributed by atoms with Gasteiger partial charge in [-0.15, -0.1) is 11.6 Å². The van der Waals surface area contributed by atoms with Gasteiger partial charge in [0.2, 0.25) is 11.8 Å². The summed E-state index contributed by atoms with van der Waals surface area (Å²) >= 11 is 11.9. The standard InChI is InChI=1S/C20H24Cl2FN3O3/c21-12-3-1-11(2-4-12)8-24-17(28)10-26(18-15(23)5-13(22)9-25-18)19(29)20-6-14(20)16(27)7-20/h1-4,13-16,18,25,27H,5-10H2,(H,24,28)/t13?,14?,15?,16-,18?,20+/m1/s1. The normalized spacial score (nSPS) is 35.2. The van der Waals surface area contributed by atoms with Gasteiger partial charge in [0.25, 0.3) is 0 Å². The fourth-order valence-electron chi connectivity index (χ4n) is 4.50. The van der Waals surface area contributed by atoms with Crippen LogP contribution in [0.3, 0.4) is 0 Å². The molecule has 0 radical (unpaired) electrons. The van der Waals surface area contributed by atoms with Crippen molar-refractivity contribution < 1.29 is 19.1 Å². The quantitative estimate of drug-likeness (QED) is 0.585. The van der Waals surface area contributed by atoms with Crippen LogP contribution in [0.5, 0.6) is 0 Å². The van der Waals surface area contributed by atoms with Crippen molar-refractivity contribution in [3.63, 3.8) is 0 Å². The van der Waals surface area contributed by atoms with E-state index in [1.54, 1.807) is 24.3 Å². The number of benzene rings is 1. The molecule has 158 valence electrons. The molecule has 9 heteroatoms. The smallest absolute Gasteiger partial charge is 0.239 e. The van der Waals surface area contributed by atoms with E-state index in [0.29, 0.717) is 24.4 Å². The molecule has 6 nitrogen and oxygen atoms in total. The molecule has 1 heterocycles. The number of hydrogen-bond donors (Lipinski definition) is 3. The fourth-order valence-corrected chi connectivity index (χ4v) is 4.88. The third-order valence-corrected chi connectivity index (χ3v) is 6.87. The zero-order chi connectivity index (χ0) is 20.8. The summed E-state index contributed by atoms with van der Waals surface area (Å²) in [7, 11) is 0. The minimum absolute atomic E-state index is 0.0722. The molecule has 0 bridgehead atoms. The largest absolute Gasteiger partial charge is 0.393 e. The molecule has 4 rings (SSSR count). The Morgan fingerprint density at radius 1 is 1.31 bits per heavy atom. The fraction of sp³-hybridized carbons (Fsp3) is 0.600. The van der Waals surface area contributed by atoms with Gasteiger partial charge in [0.15, 0.2) is 0 Å². The molecule has 3 N–H and O–H groups in total. The van der Waals surface area contributed by atoms with Crippen LogP contribution >= 0.6 is 23.2 Å². The zero-order valence-electron chi connectivity index (χ0n) is 15.8. The van der Waals surface area contributed by atoms with E-state index in [1.807, 2.05) is 0 Å². The molecule has 1 saturated heterocycles. The number of carbonyl (C=O) groups is 2. The molecule has 2 amide bonds. The molecule has 0 spiro atoms. The summed E-state index contributed by atoms with van der Waals surface area (Å²) in [6.07, 6.45) is -1.65. The van der Waals surface area contributed by atoms with Gasteiger partial charge in [-0.2, -0.15) is 0 Å². The number of fused-ring (bicyclic) bond motifs is 1. The lowest BCUT2D eigenvalue weighted by atomic mass is 9.80. The first kappa shape index (κ1) is 20.8. The summed E-state index contributed by atoms with van der Waals surface area (Å²) in [6.45, 7) is 0.398. The first-order chi connectivity index (χ1) is 13.8. The van der Waals surface area contributed by atoms with Gasteiger partial charge in [-0.1, -0.05) is 23.7 Å². The van der Waals surface area contributed by atoms with Crippen LogP contribution in [0, 0.1) is 11.3 Å². The summed E-state index contributed by atoms with van der Waals surface area (Å²) in [6, 6.07) is 7.07. The topological polar surface area (TPSA) is 81.7 Å². The van der Waals surface area contributed by atoms with Crippen molar-refractivity contribution >= 4 is 35.0 Å². The van der Waals surface area contributed by atoms with Gasteiger partial charge in [0.05, 0.1) is 11.5 Å². The van der Waals surface area contributed by atoms with Crippen LogP contribution < -0.4 is 10.6 Å². The number of alkyl halides is 2. The van der Waals surface area contributed by atoms with Crippen LogP contribution in [0.15, 0.2) is 24.3 Å². The number of amides is 2. The van der Waals surface area contributed by atoms with Crippen LogP contribution in [-0.2, 0) is 16.1 Å². The third kappa shape index (κ3) is 4.10. The molecular formula is C20H24Cl2FN3O3. The van der Waals surface area contributed by atoms with Crippen LogP contribution in [0.25, 0.3) is 0 Å². The summed E-state index contributed by atoms with van der Waals surface area (Å²) in [5.74, 6) is -0.705. The maximum absolute atomic E-state index is 14.7. The number of piperidine rings is 1. The molecular weight excluding hydrogens is 420 g/mol. The Morgan fingerprint density at radius 3 is 2.62 bits per heavy atom. The average Bonchev–Trinajstić information content (AvgIpc) is 3.32. The average molecular weight is 444 g/mol. The van der Waals surface area contributed by atoms with Crippen molar-refractivity contribution in [2.45, 2.75) is 49.6 Å². The third-order valence-electron chi connectivity index (χ3n) is 6.28. The van der Waals surface area contributed by atoms with Crippen molar-refractivity contribution in [2.24, 2.45) is 11.3 Å². The number of hydrogen-bond acceptors (Lipinski definition) is 4. The highest BCUT2D eigenvalue weighted by Gasteiger charge is 2.72. The molecule has 2 saturated carbocycles. The predicted molar refractivity (Wildman–Crippen MR) is 107 cm³/mol. The van der Waals surface area contributed by atoms with E-state index in [1.165, 1.54) is 4.90 Å². The predicted octanol–water partition coefficient (Wildman–Crippen LogP) is 1.82. The maximum Gasteiger partial charge on any atom is 0.239 e. The summed E-state index contributed by atoms with van der Waals surface area (Å²) in [5, 5.41) is 15.8. The van der Waals surface area contributed by atoms with Gasteiger partial charge in [0.1, 0.15) is 18.9 Å². The van der Waals surface area contributed by atoms with E-state index in [2.05, 4.69) is 10.6 Å². The van der Waals surface area contributed by atoms with Crippen molar-refractivity contribution in [1.29, 1.82) is 0 Å². The zero-order valence-corrected chi connectivity index (χ0v) is 17.3. The van der Waals surface area contributed by atoms with Gasteiger partial charge >= 0.3 is 0 Å². The highest BCUT2D eigenvalue weighted by atomic mass is 35.5. The molecule has 29 heavy (non-hydrogen) atoms. The van der Waals surface area contributed by atoms with Crippen molar-refractivity contribution in [3.05, 3.63) is 34.9 Å². The first-order valence-corrected chi connectivity index (χ1v) is 10.6. The number of aliphatic hydroxyl groups is 1. The van der Waals surface area contributed by atoms with E-state index < -0.39 is 23.9 Å². The van der Waals surface area contributed by atoms with E-state index >= 15 is 0 Å². The van der Waals surface area contributed by atoms with E-state index in [-0.39, 0.29) is 42.6 Å². The van der Waals surface area contributed by atoms with Gasteiger partial charge in [-0.05, 0) is 37.0 Å². The molecule has 0 aromatic heterocycles. The van der Waals surface area contributed by atoms with Crippen LogP contribution in [0.4, 0.5) is 4.39 Å². The van der Waals surface area contributed by atoms with Gasteiger partial charge in [-0.25, -0.2) is 4.39 Å². The molecule has 1 aromatic rings. The Kier molecular flexibility index (Phi) is 5.77. The van der Waals surface area contributed by atoms with Gasteiger partial charge in [-0.3, -0.25) is 14.9 Å². The second-order valence-corrected chi connectivity index (χ2v) is 9.33. The maximum atomic E-state index is 14.7. The van der Waals surface area contributed by atoms with Crippen molar-refractivity contribution in [3.8, 4) is 0 Å². The second kappa shape index (κ2) is 8.02. The molecule has 1 aliphatic heterocycles. The Morgan fingerprint density at radius 2 is 2.03 bits per heavy atom. The molecule has 6 atom stereocenters. The van der Waals surface area contributed by atoms with Gasteiger partial charge in [0, 0.05) is 29.4 Å².